The highest BCUT2D eigenvalue weighted by atomic mass is 79.9. The summed E-state index contributed by atoms with van der Waals surface area (Å²) >= 11 is 3.10. The van der Waals surface area contributed by atoms with Gasteiger partial charge in [-0.15, -0.1) is 0 Å². The lowest BCUT2D eigenvalue weighted by Crippen LogP contribution is -2.34. The number of carboxylic acids is 1. The van der Waals surface area contributed by atoms with Crippen molar-refractivity contribution < 1.29 is 23.5 Å². The molecule has 0 aliphatic rings. The highest BCUT2D eigenvalue weighted by Gasteiger charge is 2.15. The number of aromatic carboxylic acids is 1. The van der Waals surface area contributed by atoms with Gasteiger partial charge in [-0.3, -0.25) is 0 Å². The zero-order valence-corrected chi connectivity index (χ0v) is 11.4. The first kappa shape index (κ1) is 15.4. The lowest BCUT2D eigenvalue weighted by Gasteiger charge is -2.17. The van der Waals surface area contributed by atoms with E-state index in [1.54, 1.807) is 0 Å². The largest absolute Gasteiger partial charge is 0.478 e. The van der Waals surface area contributed by atoms with Crippen LogP contribution >= 0.6 is 15.9 Å². The van der Waals surface area contributed by atoms with Crippen LogP contribution in [0.25, 0.3) is 0 Å². The Hall–Kier alpha value is -1.70. The number of carbonyl (C=O) groups excluding carboxylic acids is 1. The van der Waals surface area contributed by atoms with Crippen LogP contribution in [0.2, 0.25) is 0 Å². The molecular formula is C11H11BrF2N2O3. The predicted octanol–water partition coefficient (Wildman–Crippen LogP) is 2.88. The number of nitrogens with one attached hydrogen (secondary N) is 1. The van der Waals surface area contributed by atoms with Gasteiger partial charge < -0.3 is 15.3 Å². The average molecular weight is 337 g/mol. The number of urea groups is 1. The Labute approximate surface area is 116 Å². The predicted molar refractivity (Wildman–Crippen MR) is 68.8 cm³/mol. The van der Waals surface area contributed by atoms with Crippen molar-refractivity contribution in [3.05, 3.63) is 28.2 Å². The van der Waals surface area contributed by atoms with Gasteiger partial charge in [0, 0.05) is 17.2 Å². The average Bonchev–Trinajstić information content (AvgIpc) is 2.26. The monoisotopic (exact) mass is 336 g/mol. The van der Waals surface area contributed by atoms with Gasteiger partial charge in [-0.05, 0) is 18.2 Å². The standard InChI is InChI=1S/C11H11BrF2N2O3/c1-16(5-9(13)14)11(19)15-8-3-6(10(17)18)2-7(12)4-8/h2-4,9H,5H2,1H3,(H,15,19)(H,17,18). The highest BCUT2D eigenvalue weighted by molar-refractivity contribution is 9.10. The lowest BCUT2D eigenvalue weighted by molar-refractivity contribution is 0.0696. The second-order valence-electron chi connectivity index (χ2n) is 3.74. The van der Waals surface area contributed by atoms with Gasteiger partial charge in [0.15, 0.2) is 0 Å². The Kier molecular flexibility index (Phi) is 5.22. The van der Waals surface area contributed by atoms with E-state index < -0.39 is 25.0 Å². The molecule has 8 heteroatoms. The smallest absolute Gasteiger partial charge is 0.335 e. The number of halogens is 3. The molecular weight excluding hydrogens is 326 g/mol. The summed E-state index contributed by atoms with van der Waals surface area (Å²) in [5.74, 6) is -1.15. The van der Waals surface area contributed by atoms with E-state index in [9.17, 15) is 18.4 Å². The van der Waals surface area contributed by atoms with Gasteiger partial charge in [-0.1, -0.05) is 15.9 Å². The number of hydrogen-bond acceptors (Lipinski definition) is 2. The molecule has 0 saturated heterocycles. The molecule has 0 aliphatic carbocycles. The summed E-state index contributed by atoms with van der Waals surface area (Å²) in [5, 5.41) is 11.2. The summed E-state index contributed by atoms with van der Waals surface area (Å²) in [7, 11) is 1.22. The summed E-state index contributed by atoms with van der Waals surface area (Å²) in [6.07, 6.45) is -2.63. The van der Waals surface area contributed by atoms with E-state index in [2.05, 4.69) is 21.2 Å². The molecule has 1 aromatic rings. The molecule has 104 valence electrons. The van der Waals surface area contributed by atoms with Crippen LogP contribution in [0, 0.1) is 0 Å². The Balaban J connectivity index is 2.82. The molecule has 1 rings (SSSR count). The number of anilines is 1. The first-order valence-electron chi connectivity index (χ1n) is 5.13. The molecule has 2 amide bonds. The molecule has 0 heterocycles. The van der Waals surface area contributed by atoms with Gasteiger partial charge in [0.1, 0.15) is 0 Å². The van der Waals surface area contributed by atoms with Crippen molar-refractivity contribution in [1.29, 1.82) is 0 Å². The normalized spacial score (nSPS) is 10.4. The van der Waals surface area contributed by atoms with E-state index >= 15 is 0 Å². The van der Waals surface area contributed by atoms with Gasteiger partial charge in [-0.25, -0.2) is 18.4 Å². The molecule has 5 nitrogen and oxygen atoms in total. The fourth-order valence-electron chi connectivity index (χ4n) is 1.29. The van der Waals surface area contributed by atoms with Crippen molar-refractivity contribution in [2.24, 2.45) is 0 Å². The Morgan fingerprint density at radius 2 is 2.05 bits per heavy atom. The second-order valence-corrected chi connectivity index (χ2v) is 4.65. The van der Waals surface area contributed by atoms with E-state index in [4.69, 9.17) is 5.11 Å². The first-order valence-corrected chi connectivity index (χ1v) is 5.93. The number of rotatable bonds is 4. The Bertz CT molecular complexity index is 497. The SMILES string of the molecule is CN(CC(F)F)C(=O)Nc1cc(Br)cc(C(=O)O)c1. The fraction of sp³-hybridized carbons (Fsp3) is 0.273. The Morgan fingerprint density at radius 1 is 1.42 bits per heavy atom. The molecule has 0 bridgehead atoms. The van der Waals surface area contributed by atoms with Gasteiger partial charge in [-0.2, -0.15) is 0 Å². The first-order chi connectivity index (χ1) is 8.79. The molecule has 0 unspecified atom stereocenters. The van der Waals surface area contributed by atoms with Crippen LogP contribution in [0.15, 0.2) is 22.7 Å². The summed E-state index contributed by atoms with van der Waals surface area (Å²) in [5.41, 5.74) is 0.180. The molecule has 0 saturated carbocycles. The van der Waals surface area contributed by atoms with Gasteiger partial charge in [0.25, 0.3) is 6.43 Å². The van der Waals surface area contributed by atoms with Crippen molar-refractivity contribution in [2.75, 3.05) is 18.9 Å². The molecule has 0 spiro atoms. The van der Waals surface area contributed by atoms with Crippen molar-refractivity contribution >= 4 is 33.6 Å². The quantitative estimate of drug-likeness (QED) is 0.888. The van der Waals surface area contributed by atoms with Crippen LogP contribution in [0.3, 0.4) is 0 Å². The number of nitrogens with zero attached hydrogens (tertiary/aromatic N) is 1. The minimum absolute atomic E-state index is 0.0267. The number of amides is 2. The van der Waals surface area contributed by atoms with E-state index in [-0.39, 0.29) is 11.3 Å². The van der Waals surface area contributed by atoms with Crippen LogP contribution < -0.4 is 5.32 Å². The summed E-state index contributed by atoms with van der Waals surface area (Å²) in [4.78, 5) is 23.2. The van der Waals surface area contributed by atoms with Gasteiger partial charge >= 0.3 is 12.0 Å². The van der Waals surface area contributed by atoms with Crippen LogP contribution in [0.5, 0.6) is 0 Å². The van der Waals surface area contributed by atoms with Crippen molar-refractivity contribution in [3.8, 4) is 0 Å². The fourth-order valence-corrected chi connectivity index (χ4v) is 1.79. The minimum atomic E-state index is -2.63. The molecule has 2 N–H and O–H groups in total. The number of alkyl halides is 2. The molecule has 0 radical (unpaired) electrons. The summed E-state index contributed by atoms with van der Waals surface area (Å²) < 4.78 is 24.7. The van der Waals surface area contributed by atoms with E-state index in [0.717, 1.165) is 4.90 Å². The third-order valence-electron chi connectivity index (χ3n) is 2.15. The van der Waals surface area contributed by atoms with E-state index in [1.807, 2.05) is 0 Å². The number of hydrogen-bond donors (Lipinski definition) is 2. The molecule has 0 aromatic heterocycles. The van der Waals surface area contributed by atoms with Crippen molar-refractivity contribution in [3.63, 3.8) is 0 Å². The summed E-state index contributed by atoms with van der Waals surface area (Å²) in [6, 6.07) is 3.33. The topological polar surface area (TPSA) is 69.6 Å². The van der Waals surface area contributed by atoms with Crippen LogP contribution in [0.1, 0.15) is 10.4 Å². The Morgan fingerprint density at radius 3 is 2.58 bits per heavy atom. The van der Waals surface area contributed by atoms with Crippen LogP contribution in [-0.2, 0) is 0 Å². The number of carboxylic acid groups (broad SMARTS) is 1. The number of benzene rings is 1. The summed E-state index contributed by atoms with van der Waals surface area (Å²) in [6.45, 7) is -0.703. The van der Waals surface area contributed by atoms with Gasteiger partial charge in [0.05, 0.1) is 12.1 Å². The lowest BCUT2D eigenvalue weighted by atomic mass is 10.2. The third-order valence-corrected chi connectivity index (χ3v) is 2.61. The molecule has 0 fully saturated rings. The zero-order valence-electron chi connectivity index (χ0n) is 9.86. The molecule has 1 aromatic carbocycles. The number of carbonyl (C=O) groups is 2. The minimum Gasteiger partial charge on any atom is -0.478 e. The molecule has 19 heavy (non-hydrogen) atoms. The maximum atomic E-state index is 12.1. The second kappa shape index (κ2) is 6.46. The van der Waals surface area contributed by atoms with Gasteiger partial charge in [0.2, 0.25) is 0 Å². The van der Waals surface area contributed by atoms with E-state index in [0.29, 0.717) is 4.47 Å². The third kappa shape index (κ3) is 4.82. The highest BCUT2D eigenvalue weighted by Crippen LogP contribution is 2.20. The molecule has 0 atom stereocenters. The van der Waals surface area contributed by atoms with Crippen molar-refractivity contribution in [2.45, 2.75) is 6.43 Å². The van der Waals surface area contributed by atoms with E-state index in [1.165, 1.54) is 25.2 Å². The van der Waals surface area contributed by atoms with Crippen molar-refractivity contribution in [1.82, 2.24) is 4.90 Å². The molecule has 0 aliphatic heterocycles. The van der Waals surface area contributed by atoms with Crippen LogP contribution in [0.4, 0.5) is 19.3 Å². The van der Waals surface area contributed by atoms with Crippen LogP contribution in [-0.4, -0.2) is 42.0 Å². The maximum Gasteiger partial charge on any atom is 0.335 e. The zero-order chi connectivity index (χ0) is 14.6. The maximum absolute atomic E-state index is 12.1.